The highest BCUT2D eigenvalue weighted by molar-refractivity contribution is 6.33. The number of carbonyl (C=O) groups excluding carboxylic acids is 1. The molecule has 1 N–H and O–H groups in total. The summed E-state index contributed by atoms with van der Waals surface area (Å²) in [4.78, 5) is 14.0. The van der Waals surface area contributed by atoms with Gasteiger partial charge in [-0.15, -0.1) is 0 Å². The van der Waals surface area contributed by atoms with Crippen LogP contribution in [0.3, 0.4) is 0 Å². The monoisotopic (exact) mass is 302 g/mol. The van der Waals surface area contributed by atoms with E-state index in [2.05, 4.69) is 24.4 Å². The molecule has 110 valence electrons. The lowest BCUT2D eigenvalue weighted by molar-refractivity contribution is -0.117. The minimum absolute atomic E-state index is 0.0702. The molecule has 0 atom stereocenters. The zero-order chi connectivity index (χ0) is 15.2. The predicted molar refractivity (Wildman–Crippen MR) is 87.6 cm³/mol. The molecule has 0 aliphatic rings. The summed E-state index contributed by atoms with van der Waals surface area (Å²) in [6.45, 7) is 3.13. The van der Waals surface area contributed by atoms with Crippen LogP contribution in [0.1, 0.15) is 11.1 Å². The number of nitrogens with one attached hydrogen (secondary N) is 1. The van der Waals surface area contributed by atoms with Gasteiger partial charge in [0.25, 0.3) is 0 Å². The van der Waals surface area contributed by atoms with Crippen LogP contribution in [0.5, 0.6) is 0 Å². The van der Waals surface area contributed by atoms with Crippen LogP contribution in [0.4, 0.5) is 5.69 Å². The average molecular weight is 303 g/mol. The molecule has 0 saturated heterocycles. The van der Waals surface area contributed by atoms with Gasteiger partial charge in [0.1, 0.15) is 0 Å². The van der Waals surface area contributed by atoms with Crippen LogP contribution in [-0.4, -0.2) is 24.4 Å². The summed E-state index contributed by atoms with van der Waals surface area (Å²) in [6.07, 6.45) is 0. The number of benzene rings is 2. The Kier molecular flexibility index (Phi) is 5.37. The lowest BCUT2D eigenvalue weighted by Gasteiger charge is -2.18. The molecule has 21 heavy (non-hydrogen) atoms. The number of halogens is 1. The van der Waals surface area contributed by atoms with Gasteiger partial charge in [0.2, 0.25) is 5.91 Å². The van der Waals surface area contributed by atoms with Gasteiger partial charge in [-0.2, -0.15) is 0 Å². The van der Waals surface area contributed by atoms with Gasteiger partial charge in [-0.25, -0.2) is 0 Å². The van der Waals surface area contributed by atoms with Crippen molar-refractivity contribution in [1.29, 1.82) is 0 Å². The van der Waals surface area contributed by atoms with Crippen molar-refractivity contribution in [3.8, 4) is 0 Å². The fourth-order valence-electron chi connectivity index (χ4n) is 2.13. The molecule has 2 aromatic rings. The maximum Gasteiger partial charge on any atom is 0.238 e. The van der Waals surface area contributed by atoms with E-state index in [4.69, 9.17) is 11.6 Å². The first kappa shape index (κ1) is 15.5. The van der Waals surface area contributed by atoms with Gasteiger partial charge in [0.05, 0.1) is 17.3 Å². The number of hydrogen-bond donors (Lipinski definition) is 1. The molecule has 0 aliphatic heterocycles. The number of nitrogens with zero attached hydrogens (tertiary/aromatic N) is 1. The van der Waals surface area contributed by atoms with E-state index in [0.29, 0.717) is 17.3 Å². The number of amides is 1. The first-order valence-electron chi connectivity index (χ1n) is 6.83. The third kappa shape index (κ3) is 4.59. The lowest BCUT2D eigenvalue weighted by Crippen LogP contribution is -2.30. The van der Waals surface area contributed by atoms with Crippen LogP contribution in [0.25, 0.3) is 0 Å². The first-order valence-corrected chi connectivity index (χ1v) is 7.21. The molecule has 0 spiro atoms. The molecule has 0 fully saturated rings. The first-order chi connectivity index (χ1) is 10.1. The Hall–Kier alpha value is -1.84. The van der Waals surface area contributed by atoms with Gasteiger partial charge in [-0.1, -0.05) is 48.0 Å². The summed E-state index contributed by atoms with van der Waals surface area (Å²) in [5, 5.41) is 3.38. The number of para-hydroxylation sites is 1. The minimum Gasteiger partial charge on any atom is -0.324 e. The van der Waals surface area contributed by atoms with E-state index < -0.39 is 0 Å². The van der Waals surface area contributed by atoms with E-state index in [9.17, 15) is 4.79 Å². The Balaban J connectivity index is 1.91. The molecule has 3 nitrogen and oxygen atoms in total. The van der Waals surface area contributed by atoms with Crippen LogP contribution in [0.2, 0.25) is 5.02 Å². The zero-order valence-electron chi connectivity index (χ0n) is 12.3. The molecule has 0 saturated carbocycles. The smallest absolute Gasteiger partial charge is 0.238 e. The van der Waals surface area contributed by atoms with Gasteiger partial charge >= 0.3 is 0 Å². The molecule has 2 aromatic carbocycles. The van der Waals surface area contributed by atoms with Crippen molar-refractivity contribution in [3.05, 3.63) is 64.7 Å². The Bertz CT molecular complexity index is 628. The second kappa shape index (κ2) is 7.25. The van der Waals surface area contributed by atoms with Crippen molar-refractivity contribution in [2.75, 3.05) is 18.9 Å². The SMILES string of the molecule is Cc1ccccc1CN(C)CC(=O)Nc1ccccc1Cl. The van der Waals surface area contributed by atoms with Crippen molar-refractivity contribution in [3.63, 3.8) is 0 Å². The normalized spacial score (nSPS) is 10.7. The average Bonchev–Trinajstić information content (AvgIpc) is 2.44. The highest BCUT2D eigenvalue weighted by Crippen LogP contribution is 2.20. The quantitative estimate of drug-likeness (QED) is 0.913. The fraction of sp³-hybridized carbons (Fsp3) is 0.235. The minimum atomic E-state index is -0.0702. The molecular formula is C17H19ClN2O. The summed E-state index contributed by atoms with van der Waals surface area (Å²) in [6, 6.07) is 15.4. The number of likely N-dealkylation sites (N-methyl/N-ethyl adjacent to an activating group) is 1. The summed E-state index contributed by atoms with van der Waals surface area (Å²) in [5.41, 5.74) is 3.11. The largest absolute Gasteiger partial charge is 0.324 e. The Morgan fingerprint density at radius 3 is 2.52 bits per heavy atom. The second-order valence-corrected chi connectivity index (χ2v) is 5.53. The topological polar surface area (TPSA) is 32.3 Å². The zero-order valence-corrected chi connectivity index (χ0v) is 13.0. The third-order valence-corrected chi connectivity index (χ3v) is 3.59. The molecular weight excluding hydrogens is 284 g/mol. The molecule has 0 radical (unpaired) electrons. The van der Waals surface area contributed by atoms with Crippen molar-refractivity contribution in [2.24, 2.45) is 0 Å². The van der Waals surface area contributed by atoms with Gasteiger partial charge in [-0.3, -0.25) is 9.69 Å². The number of aryl methyl sites for hydroxylation is 1. The second-order valence-electron chi connectivity index (χ2n) is 5.13. The molecule has 0 bridgehead atoms. The molecule has 0 aliphatic carbocycles. The van der Waals surface area contributed by atoms with Gasteiger partial charge in [0.15, 0.2) is 0 Å². The van der Waals surface area contributed by atoms with E-state index >= 15 is 0 Å². The number of hydrogen-bond acceptors (Lipinski definition) is 2. The Morgan fingerprint density at radius 2 is 1.81 bits per heavy atom. The van der Waals surface area contributed by atoms with E-state index in [1.54, 1.807) is 12.1 Å². The number of anilines is 1. The van der Waals surface area contributed by atoms with Gasteiger partial charge in [0, 0.05) is 6.54 Å². The summed E-state index contributed by atoms with van der Waals surface area (Å²) < 4.78 is 0. The van der Waals surface area contributed by atoms with Crippen LogP contribution in [0.15, 0.2) is 48.5 Å². The molecule has 0 unspecified atom stereocenters. The third-order valence-electron chi connectivity index (χ3n) is 3.26. The van der Waals surface area contributed by atoms with Crippen LogP contribution in [-0.2, 0) is 11.3 Å². The van der Waals surface area contributed by atoms with Crippen LogP contribution >= 0.6 is 11.6 Å². The highest BCUT2D eigenvalue weighted by atomic mass is 35.5. The maximum absolute atomic E-state index is 12.0. The number of carbonyl (C=O) groups is 1. The van der Waals surface area contributed by atoms with Crippen molar-refractivity contribution >= 4 is 23.2 Å². The van der Waals surface area contributed by atoms with E-state index in [1.165, 1.54) is 11.1 Å². The Morgan fingerprint density at radius 1 is 1.14 bits per heavy atom. The van der Waals surface area contributed by atoms with Crippen molar-refractivity contribution < 1.29 is 4.79 Å². The van der Waals surface area contributed by atoms with E-state index in [1.807, 2.05) is 36.2 Å². The highest BCUT2D eigenvalue weighted by Gasteiger charge is 2.09. The van der Waals surface area contributed by atoms with Crippen LogP contribution in [0, 0.1) is 6.92 Å². The van der Waals surface area contributed by atoms with Gasteiger partial charge < -0.3 is 5.32 Å². The van der Waals surface area contributed by atoms with E-state index in [-0.39, 0.29) is 5.91 Å². The fourth-order valence-corrected chi connectivity index (χ4v) is 2.31. The summed E-state index contributed by atoms with van der Waals surface area (Å²) in [5.74, 6) is -0.0702. The Labute approximate surface area is 130 Å². The standard InChI is InChI=1S/C17H19ClN2O/c1-13-7-3-4-8-14(13)11-20(2)12-17(21)19-16-10-6-5-9-15(16)18/h3-10H,11-12H2,1-2H3,(H,19,21). The van der Waals surface area contributed by atoms with E-state index in [0.717, 1.165) is 6.54 Å². The summed E-state index contributed by atoms with van der Waals surface area (Å²) in [7, 11) is 1.93. The van der Waals surface area contributed by atoms with Crippen LogP contribution < -0.4 is 5.32 Å². The summed E-state index contributed by atoms with van der Waals surface area (Å²) >= 11 is 6.03. The maximum atomic E-state index is 12.0. The van der Waals surface area contributed by atoms with Crippen molar-refractivity contribution in [2.45, 2.75) is 13.5 Å². The molecule has 1 amide bonds. The number of rotatable bonds is 5. The van der Waals surface area contributed by atoms with Gasteiger partial charge in [-0.05, 0) is 37.2 Å². The molecule has 4 heteroatoms. The molecule has 2 rings (SSSR count). The van der Waals surface area contributed by atoms with Crippen molar-refractivity contribution in [1.82, 2.24) is 4.90 Å². The predicted octanol–water partition coefficient (Wildman–Crippen LogP) is 3.72. The molecule has 0 aromatic heterocycles. The molecule has 0 heterocycles. The lowest BCUT2D eigenvalue weighted by atomic mass is 10.1.